The lowest BCUT2D eigenvalue weighted by Crippen LogP contribution is -2.11. The summed E-state index contributed by atoms with van der Waals surface area (Å²) in [5, 5.41) is 5.61. The number of thiazole rings is 1. The normalized spacial score (nSPS) is 11.4. The summed E-state index contributed by atoms with van der Waals surface area (Å²) >= 11 is 1.40. The van der Waals surface area contributed by atoms with Gasteiger partial charge in [-0.15, -0.1) is 11.3 Å². The highest BCUT2D eigenvalue weighted by atomic mass is 32.1. The highest BCUT2D eigenvalue weighted by Gasteiger charge is 2.34. The Morgan fingerprint density at radius 3 is 2.76 bits per heavy atom. The number of alkyl halides is 3. The molecule has 154 valence electrons. The number of unbranched alkanes of at least 4 members (excludes halogenated alkanes) is 2. The second kappa shape index (κ2) is 9.73. The summed E-state index contributed by atoms with van der Waals surface area (Å²) in [6.45, 7) is 2.55. The Balaban J connectivity index is 1.67. The van der Waals surface area contributed by atoms with Crippen molar-refractivity contribution < 1.29 is 17.9 Å². The van der Waals surface area contributed by atoms with Crippen molar-refractivity contribution >= 4 is 16.5 Å². The van der Waals surface area contributed by atoms with Crippen LogP contribution < -0.4 is 10.1 Å². The molecule has 0 aliphatic heterocycles. The van der Waals surface area contributed by atoms with Crippen LogP contribution in [0.5, 0.6) is 5.75 Å². The number of pyridine rings is 1. The van der Waals surface area contributed by atoms with Gasteiger partial charge in [0.1, 0.15) is 5.75 Å². The molecule has 3 aromatic rings. The minimum atomic E-state index is -4.47. The first-order valence-corrected chi connectivity index (χ1v) is 10.3. The summed E-state index contributed by atoms with van der Waals surface area (Å²) < 4.78 is 45.7. The fourth-order valence-corrected chi connectivity index (χ4v) is 3.47. The summed E-state index contributed by atoms with van der Waals surface area (Å²) in [5.74, 6) is -0.120. The zero-order chi connectivity index (χ0) is 20.7. The summed E-state index contributed by atoms with van der Waals surface area (Å²) in [6.07, 6.45) is 1.58. The van der Waals surface area contributed by atoms with Crippen LogP contribution in [0.4, 0.5) is 18.3 Å². The fourth-order valence-electron chi connectivity index (χ4n) is 2.75. The van der Waals surface area contributed by atoms with Gasteiger partial charge in [0.15, 0.2) is 5.13 Å². The predicted molar refractivity (Wildman–Crippen MR) is 109 cm³/mol. The van der Waals surface area contributed by atoms with Crippen LogP contribution in [-0.2, 0) is 12.7 Å². The molecule has 1 aromatic carbocycles. The molecule has 29 heavy (non-hydrogen) atoms. The van der Waals surface area contributed by atoms with E-state index >= 15 is 0 Å². The molecule has 3 rings (SSSR count). The molecule has 0 aliphatic carbocycles. The van der Waals surface area contributed by atoms with Crippen LogP contribution in [0.25, 0.3) is 11.3 Å². The van der Waals surface area contributed by atoms with Crippen molar-refractivity contribution in [1.29, 1.82) is 0 Å². The molecule has 0 bridgehead atoms. The standard InChI is InChI=1S/C21H22F3N3OS/c1-2-3-4-10-28-19-8-7-15(11-17(19)21(22,23)24)12-26-20-27-18(14-29-20)16-6-5-9-25-13-16/h5-9,11,13-14H,2-4,10,12H2,1H3,(H,26,27). The molecule has 2 aromatic heterocycles. The van der Waals surface area contributed by atoms with Crippen LogP contribution in [0.1, 0.15) is 37.3 Å². The van der Waals surface area contributed by atoms with E-state index < -0.39 is 11.7 Å². The third kappa shape index (κ3) is 5.93. The van der Waals surface area contributed by atoms with E-state index in [1.807, 2.05) is 24.4 Å². The molecule has 0 radical (unpaired) electrons. The number of benzene rings is 1. The van der Waals surface area contributed by atoms with Crippen molar-refractivity contribution in [1.82, 2.24) is 9.97 Å². The highest BCUT2D eigenvalue weighted by molar-refractivity contribution is 7.14. The van der Waals surface area contributed by atoms with Crippen LogP contribution >= 0.6 is 11.3 Å². The van der Waals surface area contributed by atoms with Gasteiger partial charge in [0.2, 0.25) is 0 Å². The first kappa shape index (κ1) is 21.1. The number of anilines is 1. The van der Waals surface area contributed by atoms with Gasteiger partial charge >= 0.3 is 6.18 Å². The van der Waals surface area contributed by atoms with Gasteiger partial charge in [0.05, 0.1) is 17.9 Å². The Hall–Kier alpha value is -2.61. The van der Waals surface area contributed by atoms with Crippen molar-refractivity contribution in [2.24, 2.45) is 0 Å². The molecular weight excluding hydrogens is 399 g/mol. The first-order valence-electron chi connectivity index (χ1n) is 9.40. The van der Waals surface area contributed by atoms with E-state index in [1.165, 1.54) is 17.4 Å². The fraction of sp³-hybridized carbons (Fsp3) is 0.333. The van der Waals surface area contributed by atoms with Crippen molar-refractivity contribution in [2.45, 2.75) is 38.9 Å². The number of hydrogen-bond donors (Lipinski definition) is 1. The van der Waals surface area contributed by atoms with Gasteiger partial charge in [-0.3, -0.25) is 4.98 Å². The molecule has 4 nitrogen and oxygen atoms in total. The summed E-state index contributed by atoms with van der Waals surface area (Å²) in [7, 11) is 0. The maximum Gasteiger partial charge on any atom is 0.419 e. The number of ether oxygens (including phenoxy) is 1. The molecule has 0 spiro atoms. The third-order valence-corrected chi connectivity index (χ3v) is 5.06. The van der Waals surface area contributed by atoms with Gasteiger partial charge < -0.3 is 10.1 Å². The molecule has 0 unspecified atom stereocenters. The van der Waals surface area contributed by atoms with Crippen LogP contribution in [0.2, 0.25) is 0 Å². The maximum absolute atomic E-state index is 13.4. The SMILES string of the molecule is CCCCCOc1ccc(CNc2nc(-c3cccnc3)cs2)cc1C(F)(F)F. The van der Waals surface area contributed by atoms with Crippen LogP contribution in [0.3, 0.4) is 0 Å². The molecule has 8 heteroatoms. The van der Waals surface area contributed by atoms with Gasteiger partial charge in [-0.05, 0) is 36.2 Å². The average molecular weight is 421 g/mol. The molecule has 2 heterocycles. The minimum absolute atomic E-state index is 0.120. The molecule has 0 saturated heterocycles. The smallest absolute Gasteiger partial charge is 0.419 e. The molecule has 0 aliphatic rings. The zero-order valence-electron chi connectivity index (χ0n) is 16.0. The molecular formula is C21H22F3N3OS. The molecule has 1 N–H and O–H groups in total. The molecule has 0 atom stereocenters. The lowest BCUT2D eigenvalue weighted by atomic mass is 10.1. The summed E-state index contributed by atoms with van der Waals surface area (Å²) in [6, 6.07) is 7.91. The van der Waals surface area contributed by atoms with E-state index in [4.69, 9.17) is 4.74 Å². The van der Waals surface area contributed by atoms with Gasteiger partial charge in [0, 0.05) is 29.9 Å². The van der Waals surface area contributed by atoms with Gasteiger partial charge in [-0.1, -0.05) is 25.8 Å². The van der Waals surface area contributed by atoms with Gasteiger partial charge in [-0.2, -0.15) is 13.2 Å². The monoisotopic (exact) mass is 421 g/mol. The Bertz CT molecular complexity index is 913. The second-order valence-electron chi connectivity index (χ2n) is 6.52. The van der Waals surface area contributed by atoms with Crippen LogP contribution in [0.15, 0.2) is 48.1 Å². The Morgan fingerprint density at radius 2 is 2.03 bits per heavy atom. The van der Waals surface area contributed by atoms with E-state index in [9.17, 15) is 13.2 Å². The Kier molecular flexibility index (Phi) is 7.09. The number of nitrogens with one attached hydrogen (secondary N) is 1. The lowest BCUT2D eigenvalue weighted by molar-refractivity contribution is -0.139. The third-order valence-electron chi connectivity index (χ3n) is 4.26. The second-order valence-corrected chi connectivity index (χ2v) is 7.38. The van der Waals surface area contributed by atoms with E-state index in [1.54, 1.807) is 18.5 Å². The maximum atomic E-state index is 13.4. The number of aromatic nitrogens is 2. The van der Waals surface area contributed by atoms with Crippen molar-refractivity contribution in [3.63, 3.8) is 0 Å². The van der Waals surface area contributed by atoms with E-state index in [0.29, 0.717) is 10.7 Å². The molecule has 0 fully saturated rings. The van der Waals surface area contributed by atoms with Gasteiger partial charge in [0.25, 0.3) is 0 Å². The van der Waals surface area contributed by atoms with Crippen molar-refractivity contribution in [2.75, 3.05) is 11.9 Å². The topological polar surface area (TPSA) is 47.0 Å². The number of rotatable bonds is 9. The molecule has 0 amide bonds. The van der Waals surface area contributed by atoms with Gasteiger partial charge in [-0.25, -0.2) is 4.98 Å². The predicted octanol–water partition coefficient (Wildman–Crippen LogP) is 6.41. The van der Waals surface area contributed by atoms with E-state index in [-0.39, 0.29) is 18.9 Å². The zero-order valence-corrected chi connectivity index (χ0v) is 16.8. The first-order chi connectivity index (χ1) is 14.0. The Morgan fingerprint density at radius 1 is 1.17 bits per heavy atom. The lowest BCUT2D eigenvalue weighted by Gasteiger charge is -2.15. The summed E-state index contributed by atoms with van der Waals surface area (Å²) in [5.41, 5.74) is 1.43. The van der Waals surface area contributed by atoms with Crippen molar-refractivity contribution in [3.05, 3.63) is 59.2 Å². The number of halogens is 3. The van der Waals surface area contributed by atoms with Crippen molar-refractivity contribution in [3.8, 4) is 17.0 Å². The number of nitrogens with zero attached hydrogens (tertiary/aromatic N) is 2. The minimum Gasteiger partial charge on any atom is -0.493 e. The van der Waals surface area contributed by atoms with Crippen LogP contribution in [-0.4, -0.2) is 16.6 Å². The van der Waals surface area contributed by atoms with E-state index in [0.717, 1.165) is 36.6 Å². The average Bonchev–Trinajstić information content (AvgIpc) is 3.19. The number of hydrogen-bond acceptors (Lipinski definition) is 5. The molecule has 0 saturated carbocycles. The largest absolute Gasteiger partial charge is 0.493 e. The highest BCUT2D eigenvalue weighted by Crippen LogP contribution is 2.37. The quantitative estimate of drug-likeness (QED) is 0.406. The summed E-state index contributed by atoms with van der Waals surface area (Å²) in [4.78, 5) is 8.52. The van der Waals surface area contributed by atoms with Crippen LogP contribution in [0, 0.1) is 0 Å². The Labute approximate surface area is 171 Å². The van der Waals surface area contributed by atoms with E-state index in [2.05, 4.69) is 15.3 Å².